The van der Waals surface area contributed by atoms with Crippen molar-refractivity contribution in [2.24, 2.45) is 5.92 Å². The van der Waals surface area contributed by atoms with Crippen molar-refractivity contribution in [3.63, 3.8) is 0 Å². The molecule has 3 saturated heterocycles. The first kappa shape index (κ1) is 17.3. The molecule has 1 aromatic carbocycles. The largest absolute Gasteiger partial charge is 0.348 e. The van der Waals surface area contributed by atoms with Crippen molar-refractivity contribution < 1.29 is 4.79 Å². The molecule has 2 aromatic rings. The molecule has 0 spiro atoms. The number of halogens is 1. The van der Waals surface area contributed by atoms with Crippen LogP contribution in [-0.2, 0) is 0 Å². The minimum Gasteiger partial charge on any atom is -0.348 e. The van der Waals surface area contributed by atoms with E-state index in [0.717, 1.165) is 43.7 Å². The first-order chi connectivity index (χ1) is 12.5. The molecule has 3 aliphatic heterocycles. The molecule has 136 valence electrons. The standard InChI is InChI=1S/C20H22ClN3O2/c1-13-10-16(21)3-4-18(13)24-11-15(2-5-19(24)25)20(26)22-17-12-23-8-6-14(17)7-9-23/h2-5,10-11,14,17H,6-9,12H2,1H3,(H,22,26). The lowest BCUT2D eigenvalue weighted by molar-refractivity contribution is 0.0620. The fourth-order valence-electron chi connectivity index (χ4n) is 4.08. The van der Waals surface area contributed by atoms with E-state index in [1.165, 1.54) is 10.6 Å². The molecule has 3 fully saturated rings. The molecule has 2 bridgehead atoms. The highest BCUT2D eigenvalue weighted by atomic mass is 35.5. The monoisotopic (exact) mass is 371 g/mol. The summed E-state index contributed by atoms with van der Waals surface area (Å²) < 4.78 is 1.51. The number of amides is 1. The SMILES string of the molecule is Cc1cc(Cl)ccc1-n1cc(C(=O)NC2CN3CCC2CC3)ccc1=O. The van der Waals surface area contributed by atoms with Gasteiger partial charge in [0, 0.05) is 29.9 Å². The van der Waals surface area contributed by atoms with Gasteiger partial charge in [0.1, 0.15) is 0 Å². The smallest absolute Gasteiger partial charge is 0.255 e. The van der Waals surface area contributed by atoms with Crippen molar-refractivity contribution in [1.82, 2.24) is 14.8 Å². The summed E-state index contributed by atoms with van der Waals surface area (Å²) in [7, 11) is 0. The summed E-state index contributed by atoms with van der Waals surface area (Å²) in [6.07, 6.45) is 3.91. The van der Waals surface area contributed by atoms with Gasteiger partial charge in [-0.3, -0.25) is 14.2 Å². The Bertz CT molecular complexity index is 900. The van der Waals surface area contributed by atoms with Crippen LogP contribution in [0.4, 0.5) is 0 Å². The number of hydrogen-bond acceptors (Lipinski definition) is 3. The molecule has 3 aliphatic rings. The summed E-state index contributed by atoms with van der Waals surface area (Å²) in [5.41, 5.74) is 1.94. The number of carbonyl (C=O) groups excluding carboxylic acids is 1. The number of piperidine rings is 3. The van der Waals surface area contributed by atoms with Crippen LogP contribution < -0.4 is 10.9 Å². The molecule has 5 rings (SSSR count). The van der Waals surface area contributed by atoms with E-state index in [4.69, 9.17) is 11.6 Å². The molecule has 1 atom stereocenters. The fraction of sp³-hybridized carbons (Fsp3) is 0.400. The number of nitrogens with zero attached hydrogens (tertiary/aromatic N) is 2. The molecule has 0 radical (unpaired) electrons. The highest BCUT2D eigenvalue weighted by Crippen LogP contribution is 2.27. The Morgan fingerprint density at radius 2 is 1.96 bits per heavy atom. The molecule has 1 N–H and O–H groups in total. The van der Waals surface area contributed by atoms with Gasteiger partial charge in [-0.15, -0.1) is 0 Å². The van der Waals surface area contributed by atoms with Crippen molar-refractivity contribution in [3.05, 3.63) is 63.0 Å². The third kappa shape index (κ3) is 3.29. The van der Waals surface area contributed by atoms with Crippen LogP contribution in [0.1, 0.15) is 28.8 Å². The Morgan fingerprint density at radius 3 is 2.62 bits per heavy atom. The van der Waals surface area contributed by atoms with Gasteiger partial charge in [0.2, 0.25) is 0 Å². The lowest BCUT2D eigenvalue weighted by atomic mass is 9.84. The molecule has 0 aliphatic carbocycles. The van der Waals surface area contributed by atoms with Gasteiger partial charge in [-0.05, 0) is 68.6 Å². The quantitative estimate of drug-likeness (QED) is 0.902. The van der Waals surface area contributed by atoms with Gasteiger partial charge in [-0.2, -0.15) is 0 Å². The zero-order chi connectivity index (χ0) is 18.3. The Morgan fingerprint density at radius 1 is 1.19 bits per heavy atom. The second-order valence-corrected chi connectivity index (χ2v) is 7.71. The highest BCUT2D eigenvalue weighted by molar-refractivity contribution is 6.30. The van der Waals surface area contributed by atoms with E-state index in [0.29, 0.717) is 16.5 Å². The normalized spacial score (nSPS) is 24.5. The number of benzene rings is 1. The Labute approximate surface area is 157 Å². The Hall–Kier alpha value is -2.11. The summed E-state index contributed by atoms with van der Waals surface area (Å²) >= 11 is 6.01. The Kier molecular flexibility index (Phi) is 4.59. The van der Waals surface area contributed by atoms with Crippen LogP contribution in [0.15, 0.2) is 41.3 Å². The number of hydrogen-bond donors (Lipinski definition) is 1. The predicted molar refractivity (Wildman–Crippen MR) is 102 cm³/mol. The van der Waals surface area contributed by atoms with Gasteiger partial charge in [-0.1, -0.05) is 11.6 Å². The van der Waals surface area contributed by atoms with Crippen molar-refractivity contribution in [2.45, 2.75) is 25.8 Å². The highest BCUT2D eigenvalue weighted by Gasteiger charge is 2.35. The molecular weight excluding hydrogens is 350 g/mol. The molecule has 1 amide bonds. The fourth-order valence-corrected chi connectivity index (χ4v) is 4.31. The molecule has 1 aromatic heterocycles. The lowest BCUT2D eigenvalue weighted by Crippen LogP contribution is -2.57. The van der Waals surface area contributed by atoms with E-state index in [9.17, 15) is 9.59 Å². The molecule has 0 saturated carbocycles. The zero-order valence-electron chi connectivity index (χ0n) is 14.7. The van der Waals surface area contributed by atoms with Crippen molar-refractivity contribution in [3.8, 4) is 5.69 Å². The minimum atomic E-state index is -0.171. The Balaban J connectivity index is 1.59. The van der Waals surface area contributed by atoms with E-state index in [1.807, 2.05) is 13.0 Å². The number of aromatic nitrogens is 1. The lowest BCUT2D eigenvalue weighted by Gasteiger charge is -2.44. The maximum absolute atomic E-state index is 12.8. The van der Waals surface area contributed by atoms with E-state index in [2.05, 4.69) is 10.2 Å². The second kappa shape index (κ2) is 6.89. The third-order valence-corrected chi connectivity index (χ3v) is 5.80. The van der Waals surface area contributed by atoms with Gasteiger partial charge in [0.15, 0.2) is 0 Å². The summed E-state index contributed by atoms with van der Waals surface area (Å²) in [5.74, 6) is 0.442. The molecular formula is C20H22ClN3O2. The number of nitrogens with one attached hydrogen (secondary N) is 1. The van der Waals surface area contributed by atoms with Gasteiger partial charge in [0.25, 0.3) is 11.5 Å². The number of pyridine rings is 1. The van der Waals surface area contributed by atoms with Crippen LogP contribution in [0.2, 0.25) is 5.02 Å². The van der Waals surface area contributed by atoms with Crippen LogP contribution in [0.25, 0.3) is 5.69 Å². The van der Waals surface area contributed by atoms with Crippen molar-refractivity contribution in [1.29, 1.82) is 0 Å². The minimum absolute atomic E-state index is 0.121. The van der Waals surface area contributed by atoms with Crippen LogP contribution in [0.5, 0.6) is 0 Å². The maximum atomic E-state index is 12.8. The molecule has 1 unspecified atom stereocenters. The van der Waals surface area contributed by atoms with Crippen LogP contribution in [-0.4, -0.2) is 41.1 Å². The van der Waals surface area contributed by atoms with E-state index in [1.54, 1.807) is 24.4 Å². The average molecular weight is 372 g/mol. The summed E-state index contributed by atoms with van der Waals surface area (Å²) in [5, 5.41) is 3.79. The second-order valence-electron chi connectivity index (χ2n) is 7.27. The first-order valence-corrected chi connectivity index (χ1v) is 9.41. The molecule has 26 heavy (non-hydrogen) atoms. The van der Waals surface area contributed by atoms with Gasteiger partial charge in [0.05, 0.1) is 11.3 Å². The van der Waals surface area contributed by atoms with Crippen LogP contribution >= 0.6 is 11.6 Å². The van der Waals surface area contributed by atoms with Crippen LogP contribution in [0, 0.1) is 12.8 Å². The van der Waals surface area contributed by atoms with E-state index >= 15 is 0 Å². The predicted octanol–water partition coefficient (Wildman–Crippen LogP) is 2.62. The van der Waals surface area contributed by atoms with Gasteiger partial charge < -0.3 is 10.2 Å². The average Bonchev–Trinajstić information content (AvgIpc) is 2.63. The van der Waals surface area contributed by atoms with Gasteiger partial charge >= 0.3 is 0 Å². The molecule has 6 heteroatoms. The van der Waals surface area contributed by atoms with Crippen molar-refractivity contribution in [2.75, 3.05) is 19.6 Å². The van der Waals surface area contributed by atoms with E-state index < -0.39 is 0 Å². The summed E-state index contributed by atoms with van der Waals surface area (Å²) in [6.45, 7) is 5.09. The van der Waals surface area contributed by atoms with Crippen LogP contribution in [0.3, 0.4) is 0 Å². The topological polar surface area (TPSA) is 54.3 Å². The maximum Gasteiger partial charge on any atom is 0.255 e. The first-order valence-electron chi connectivity index (χ1n) is 9.04. The van der Waals surface area contributed by atoms with E-state index in [-0.39, 0.29) is 17.5 Å². The number of rotatable bonds is 3. The number of fused-ring (bicyclic) bond motifs is 3. The number of carbonyl (C=O) groups is 1. The van der Waals surface area contributed by atoms with Crippen molar-refractivity contribution >= 4 is 17.5 Å². The molecule has 4 heterocycles. The number of aryl methyl sites for hydroxylation is 1. The molecule has 5 nitrogen and oxygen atoms in total. The summed E-state index contributed by atoms with van der Waals surface area (Å²) in [4.78, 5) is 27.5. The van der Waals surface area contributed by atoms with Gasteiger partial charge in [-0.25, -0.2) is 0 Å². The third-order valence-electron chi connectivity index (χ3n) is 5.56. The summed E-state index contributed by atoms with van der Waals surface area (Å²) in [6, 6.07) is 8.59. The zero-order valence-corrected chi connectivity index (χ0v) is 15.5.